The van der Waals surface area contributed by atoms with Crippen LogP contribution in [0.25, 0.3) is 0 Å². The molecule has 7 heteroatoms. The van der Waals surface area contributed by atoms with Crippen LogP contribution in [-0.2, 0) is 28.8 Å². The number of ether oxygens (including phenoxy) is 3. The minimum Gasteiger partial charge on any atom is -0.434 e. The second-order valence-electron chi connectivity index (χ2n) is 8.72. The predicted octanol–water partition coefficient (Wildman–Crippen LogP) is 3.90. The van der Waals surface area contributed by atoms with Gasteiger partial charge in [-0.2, -0.15) is 0 Å². The van der Waals surface area contributed by atoms with E-state index < -0.39 is 28.8 Å². The molecule has 5 rings (SSSR count). The molecule has 2 bridgehead atoms. The van der Waals surface area contributed by atoms with Crippen LogP contribution in [0.1, 0.15) is 66.2 Å². The summed E-state index contributed by atoms with van der Waals surface area (Å²) in [7, 11) is 0. The summed E-state index contributed by atoms with van der Waals surface area (Å²) in [5, 5.41) is 0. The molecule has 4 saturated heterocycles. The molecule has 4 aliphatic heterocycles. The first kappa shape index (κ1) is 18.9. The Morgan fingerprint density at radius 3 is 2.73 bits per heavy atom. The van der Waals surface area contributed by atoms with Crippen LogP contribution in [0, 0.1) is 17.8 Å². The molecule has 0 N–H and O–H groups in total. The molecule has 0 radical (unpaired) electrons. The van der Waals surface area contributed by atoms with Gasteiger partial charge in [-0.1, -0.05) is 13.8 Å². The maximum absolute atomic E-state index is 12.1. The lowest BCUT2D eigenvalue weighted by molar-refractivity contribution is -0.574. The fraction of sp³-hybridized carbons (Fsp3) is 0.947. The molecule has 0 amide bonds. The van der Waals surface area contributed by atoms with Crippen molar-refractivity contribution < 1.29 is 28.8 Å². The lowest BCUT2D eigenvalue weighted by atomic mass is 9.58. The van der Waals surface area contributed by atoms with Crippen molar-refractivity contribution in [1.82, 2.24) is 0 Å². The Morgan fingerprint density at radius 1 is 1.23 bits per heavy atom. The van der Waals surface area contributed by atoms with Gasteiger partial charge < -0.3 is 14.2 Å². The summed E-state index contributed by atoms with van der Waals surface area (Å²) in [4.78, 5) is 23.0. The Morgan fingerprint density at radius 2 is 2.00 bits per heavy atom. The number of fused-ring (bicyclic) bond motifs is 2. The first-order valence-electron chi connectivity index (χ1n) is 9.81. The van der Waals surface area contributed by atoms with Crippen LogP contribution in [0.4, 0.5) is 0 Å². The normalized spacial score (nSPS) is 52.9. The lowest BCUT2D eigenvalue weighted by Crippen LogP contribution is -2.74. The fourth-order valence-corrected chi connectivity index (χ4v) is 5.75. The van der Waals surface area contributed by atoms with Gasteiger partial charge >= 0.3 is 5.97 Å². The third-order valence-corrected chi connectivity index (χ3v) is 7.24. The highest BCUT2D eigenvalue weighted by molar-refractivity contribution is 6.24. The molecule has 5 aliphatic rings. The molecule has 8 atom stereocenters. The van der Waals surface area contributed by atoms with Crippen LogP contribution < -0.4 is 0 Å². The molecule has 4 heterocycles. The summed E-state index contributed by atoms with van der Waals surface area (Å²) in [6.45, 7) is 7.93. The molecule has 26 heavy (non-hydrogen) atoms. The van der Waals surface area contributed by atoms with Crippen molar-refractivity contribution in [2.45, 2.75) is 95.1 Å². The largest absolute Gasteiger partial charge is 0.434 e. The zero-order valence-corrected chi connectivity index (χ0v) is 16.7. The zero-order chi connectivity index (χ0) is 18.7. The van der Waals surface area contributed by atoms with Gasteiger partial charge in [0.1, 0.15) is 4.87 Å². The average molecular weight is 389 g/mol. The van der Waals surface area contributed by atoms with Crippen LogP contribution in [0.5, 0.6) is 0 Å². The zero-order valence-electron chi connectivity index (χ0n) is 16.0. The summed E-state index contributed by atoms with van der Waals surface area (Å²) < 4.78 is 18.0. The Kier molecular flexibility index (Phi) is 4.60. The van der Waals surface area contributed by atoms with Crippen LogP contribution >= 0.6 is 11.6 Å². The standard InChI is InChI=1S/C19H29ClO6/c1-5-6-14(21)22-15-18(4,20)13-8-7-11(2)12-9-10-17(3)24-16(23-15)19(12,13)26-25-17/h11-13,15-16H,5-10H2,1-4H3/t11-,12?,13?,15?,16?,17+,18?,19?/m1/s1. The highest BCUT2D eigenvalue weighted by Crippen LogP contribution is 2.62. The van der Waals surface area contributed by atoms with E-state index in [4.69, 9.17) is 35.6 Å². The van der Waals surface area contributed by atoms with Crippen molar-refractivity contribution in [2.75, 3.05) is 0 Å². The summed E-state index contributed by atoms with van der Waals surface area (Å²) in [5.74, 6) is -0.574. The Hall–Kier alpha value is -0.400. The summed E-state index contributed by atoms with van der Waals surface area (Å²) in [5.41, 5.74) is -0.766. The number of alkyl halides is 1. The van der Waals surface area contributed by atoms with Crippen molar-refractivity contribution in [3.63, 3.8) is 0 Å². The van der Waals surface area contributed by atoms with Gasteiger partial charge in [-0.25, -0.2) is 9.78 Å². The van der Waals surface area contributed by atoms with E-state index in [0.29, 0.717) is 18.8 Å². The molecule has 5 fully saturated rings. The number of esters is 1. The smallest absolute Gasteiger partial charge is 0.308 e. The van der Waals surface area contributed by atoms with Gasteiger partial charge in [0.05, 0.1) is 0 Å². The maximum Gasteiger partial charge on any atom is 0.308 e. The van der Waals surface area contributed by atoms with Gasteiger partial charge in [-0.15, -0.1) is 11.6 Å². The van der Waals surface area contributed by atoms with Crippen molar-refractivity contribution in [3.05, 3.63) is 0 Å². The quantitative estimate of drug-likeness (QED) is 0.415. The highest BCUT2D eigenvalue weighted by atomic mass is 35.5. The van der Waals surface area contributed by atoms with Gasteiger partial charge in [0.25, 0.3) is 0 Å². The molecule has 0 aromatic rings. The molecule has 1 saturated carbocycles. The van der Waals surface area contributed by atoms with E-state index in [9.17, 15) is 4.79 Å². The molecule has 1 spiro atoms. The molecule has 6 nitrogen and oxygen atoms in total. The highest BCUT2D eigenvalue weighted by Gasteiger charge is 2.73. The molecular formula is C19H29ClO6. The first-order valence-corrected chi connectivity index (χ1v) is 10.2. The monoisotopic (exact) mass is 388 g/mol. The van der Waals surface area contributed by atoms with Gasteiger partial charge in [-0.3, -0.25) is 4.79 Å². The molecule has 148 valence electrons. The first-order chi connectivity index (χ1) is 12.2. The minimum atomic E-state index is -0.914. The van der Waals surface area contributed by atoms with Crippen molar-refractivity contribution in [3.8, 4) is 0 Å². The third kappa shape index (κ3) is 2.64. The third-order valence-electron chi connectivity index (χ3n) is 6.80. The number of halogens is 1. The van der Waals surface area contributed by atoms with Gasteiger partial charge in [0.15, 0.2) is 11.9 Å². The number of carbonyl (C=O) groups excluding carboxylic acids is 1. The van der Waals surface area contributed by atoms with Crippen LogP contribution in [-0.4, -0.2) is 34.8 Å². The van der Waals surface area contributed by atoms with Crippen molar-refractivity contribution in [2.24, 2.45) is 17.8 Å². The van der Waals surface area contributed by atoms with E-state index in [2.05, 4.69) is 6.92 Å². The van der Waals surface area contributed by atoms with Crippen LogP contribution in [0.15, 0.2) is 0 Å². The van der Waals surface area contributed by atoms with Gasteiger partial charge in [0.2, 0.25) is 12.1 Å². The molecule has 0 aromatic heterocycles. The topological polar surface area (TPSA) is 63.2 Å². The van der Waals surface area contributed by atoms with Crippen LogP contribution in [0.2, 0.25) is 0 Å². The van der Waals surface area contributed by atoms with E-state index in [0.717, 1.165) is 25.7 Å². The van der Waals surface area contributed by atoms with E-state index in [1.165, 1.54) is 0 Å². The second kappa shape index (κ2) is 6.31. The van der Waals surface area contributed by atoms with Crippen LogP contribution in [0.3, 0.4) is 0 Å². The molecule has 6 unspecified atom stereocenters. The molecular weight excluding hydrogens is 360 g/mol. The van der Waals surface area contributed by atoms with Crippen molar-refractivity contribution in [1.29, 1.82) is 0 Å². The molecule has 0 aromatic carbocycles. The van der Waals surface area contributed by atoms with E-state index in [1.54, 1.807) is 0 Å². The number of carbonyl (C=O) groups is 1. The summed E-state index contributed by atoms with van der Waals surface area (Å²) in [6, 6.07) is 0. The van der Waals surface area contributed by atoms with E-state index >= 15 is 0 Å². The number of rotatable bonds is 3. The summed E-state index contributed by atoms with van der Waals surface area (Å²) in [6.07, 6.45) is 3.08. The predicted molar refractivity (Wildman–Crippen MR) is 92.9 cm³/mol. The van der Waals surface area contributed by atoms with E-state index in [1.807, 2.05) is 20.8 Å². The molecule has 1 aliphatic carbocycles. The Balaban J connectivity index is 1.71. The second-order valence-corrected chi connectivity index (χ2v) is 9.53. The maximum atomic E-state index is 12.1. The Bertz CT molecular complexity index is 582. The Labute approximate surface area is 159 Å². The average Bonchev–Trinajstić information content (AvgIpc) is 2.79. The summed E-state index contributed by atoms with van der Waals surface area (Å²) >= 11 is 7.00. The van der Waals surface area contributed by atoms with Gasteiger partial charge in [-0.05, 0) is 51.4 Å². The van der Waals surface area contributed by atoms with Crippen molar-refractivity contribution >= 4 is 17.6 Å². The number of hydrogen-bond donors (Lipinski definition) is 0. The lowest BCUT2D eigenvalue weighted by Gasteiger charge is -2.62. The minimum absolute atomic E-state index is 0.0984. The van der Waals surface area contributed by atoms with E-state index in [-0.39, 0.29) is 17.8 Å². The SMILES string of the molecule is CCCC(=O)OC1OC2O[C@]3(C)CCC4[C@H](C)CCC(C1(C)Cl)C24OO3. The fourth-order valence-electron chi connectivity index (χ4n) is 5.38. The number of hydrogen-bond acceptors (Lipinski definition) is 6. The van der Waals surface area contributed by atoms with Gasteiger partial charge in [0, 0.05) is 18.8 Å².